The molecule has 0 aromatic heterocycles. The molecule has 0 aliphatic carbocycles. The molecule has 0 aliphatic heterocycles. The van der Waals surface area contributed by atoms with Crippen LogP contribution < -0.4 is 10.1 Å². The lowest BCUT2D eigenvalue weighted by atomic mass is 10.2. The highest BCUT2D eigenvalue weighted by Crippen LogP contribution is 2.17. The standard InChI is InChI=1S/C17H28N2O2/c1-5-19(6-2)17(20)13-21-16-10-8-7-9-15(16)12-18-11-14(3)4/h7-10,14,18H,5-6,11-13H2,1-4H3. The number of likely N-dealkylation sites (N-methyl/N-ethyl adjacent to an activating group) is 1. The molecule has 4 heteroatoms. The fourth-order valence-corrected chi connectivity index (χ4v) is 2.09. The third-order valence-electron chi connectivity index (χ3n) is 3.31. The largest absolute Gasteiger partial charge is 0.483 e. The first kappa shape index (κ1) is 17.5. The Morgan fingerprint density at radius 2 is 1.90 bits per heavy atom. The highest BCUT2D eigenvalue weighted by Gasteiger charge is 2.11. The third kappa shape index (κ3) is 6.17. The minimum absolute atomic E-state index is 0.0324. The predicted octanol–water partition coefficient (Wildman–Crippen LogP) is 2.68. The summed E-state index contributed by atoms with van der Waals surface area (Å²) in [5.41, 5.74) is 1.09. The van der Waals surface area contributed by atoms with Crippen molar-refractivity contribution < 1.29 is 9.53 Å². The van der Waals surface area contributed by atoms with Crippen LogP contribution in [0.1, 0.15) is 33.3 Å². The number of para-hydroxylation sites is 1. The van der Waals surface area contributed by atoms with Crippen LogP contribution in [0.2, 0.25) is 0 Å². The van der Waals surface area contributed by atoms with Gasteiger partial charge in [-0.3, -0.25) is 4.79 Å². The van der Waals surface area contributed by atoms with Gasteiger partial charge in [-0.1, -0.05) is 32.0 Å². The number of ether oxygens (including phenoxy) is 1. The van der Waals surface area contributed by atoms with Gasteiger partial charge in [0.15, 0.2) is 6.61 Å². The average Bonchev–Trinajstić information content (AvgIpc) is 2.47. The second kappa shape index (κ2) is 9.40. The van der Waals surface area contributed by atoms with E-state index in [1.54, 1.807) is 4.90 Å². The number of benzene rings is 1. The van der Waals surface area contributed by atoms with Crippen molar-refractivity contribution in [2.24, 2.45) is 5.92 Å². The van der Waals surface area contributed by atoms with Gasteiger partial charge in [0.25, 0.3) is 5.91 Å². The molecular formula is C17H28N2O2. The fourth-order valence-electron chi connectivity index (χ4n) is 2.09. The average molecular weight is 292 g/mol. The molecule has 0 bridgehead atoms. The molecule has 118 valence electrons. The number of carbonyl (C=O) groups excluding carboxylic acids is 1. The van der Waals surface area contributed by atoms with Gasteiger partial charge in [-0.05, 0) is 32.4 Å². The van der Waals surface area contributed by atoms with E-state index in [4.69, 9.17) is 4.74 Å². The zero-order valence-electron chi connectivity index (χ0n) is 13.7. The van der Waals surface area contributed by atoms with Gasteiger partial charge in [-0.25, -0.2) is 0 Å². The maximum atomic E-state index is 12.0. The van der Waals surface area contributed by atoms with Gasteiger partial charge in [0.05, 0.1) is 0 Å². The summed E-state index contributed by atoms with van der Waals surface area (Å²) >= 11 is 0. The van der Waals surface area contributed by atoms with Crippen molar-refractivity contribution >= 4 is 5.91 Å². The molecule has 0 saturated heterocycles. The molecule has 0 heterocycles. The lowest BCUT2D eigenvalue weighted by Crippen LogP contribution is -2.34. The number of hydrogen-bond donors (Lipinski definition) is 1. The Morgan fingerprint density at radius 3 is 2.52 bits per heavy atom. The summed E-state index contributed by atoms with van der Waals surface area (Å²) in [5.74, 6) is 1.43. The van der Waals surface area contributed by atoms with Gasteiger partial charge in [0.2, 0.25) is 0 Å². The molecular weight excluding hydrogens is 264 g/mol. The van der Waals surface area contributed by atoms with Gasteiger partial charge in [-0.15, -0.1) is 0 Å². The molecule has 1 N–H and O–H groups in total. The molecule has 4 nitrogen and oxygen atoms in total. The van der Waals surface area contributed by atoms with Crippen molar-refractivity contribution in [2.75, 3.05) is 26.2 Å². The Morgan fingerprint density at radius 1 is 1.24 bits per heavy atom. The summed E-state index contributed by atoms with van der Waals surface area (Å²) in [6, 6.07) is 7.88. The summed E-state index contributed by atoms with van der Waals surface area (Å²) in [6.45, 7) is 11.6. The van der Waals surface area contributed by atoms with Gasteiger partial charge >= 0.3 is 0 Å². The van der Waals surface area contributed by atoms with E-state index in [0.29, 0.717) is 5.92 Å². The molecule has 1 amide bonds. The van der Waals surface area contributed by atoms with Crippen LogP contribution in [0, 0.1) is 5.92 Å². The highest BCUT2D eigenvalue weighted by atomic mass is 16.5. The Labute approximate surface area is 128 Å². The van der Waals surface area contributed by atoms with E-state index in [2.05, 4.69) is 19.2 Å². The molecule has 0 aliphatic rings. The van der Waals surface area contributed by atoms with Crippen LogP contribution in [0.4, 0.5) is 0 Å². The summed E-state index contributed by atoms with van der Waals surface area (Å²) in [6.07, 6.45) is 0. The van der Waals surface area contributed by atoms with E-state index in [1.807, 2.05) is 38.1 Å². The number of amides is 1. The minimum atomic E-state index is 0.0324. The first-order valence-electron chi connectivity index (χ1n) is 7.77. The summed E-state index contributed by atoms with van der Waals surface area (Å²) in [5, 5.41) is 3.40. The van der Waals surface area contributed by atoms with E-state index < -0.39 is 0 Å². The van der Waals surface area contributed by atoms with E-state index in [-0.39, 0.29) is 12.5 Å². The van der Waals surface area contributed by atoms with Crippen molar-refractivity contribution in [1.82, 2.24) is 10.2 Å². The second-order valence-corrected chi connectivity index (χ2v) is 5.49. The molecule has 0 fully saturated rings. The van der Waals surface area contributed by atoms with E-state index >= 15 is 0 Å². The monoisotopic (exact) mass is 292 g/mol. The van der Waals surface area contributed by atoms with Gasteiger partial charge in [0, 0.05) is 25.2 Å². The smallest absolute Gasteiger partial charge is 0.260 e. The van der Waals surface area contributed by atoms with Crippen LogP contribution in [0.25, 0.3) is 0 Å². The zero-order chi connectivity index (χ0) is 15.7. The Hall–Kier alpha value is -1.55. The summed E-state index contributed by atoms with van der Waals surface area (Å²) in [4.78, 5) is 13.8. The van der Waals surface area contributed by atoms with Gasteiger partial charge < -0.3 is 15.0 Å². The quantitative estimate of drug-likeness (QED) is 0.761. The van der Waals surface area contributed by atoms with Gasteiger partial charge in [0.1, 0.15) is 5.75 Å². The third-order valence-corrected chi connectivity index (χ3v) is 3.31. The Balaban J connectivity index is 2.56. The minimum Gasteiger partial charge on any atom is -0.483 e. The molecule has 0 radical (unpaired) electrons. The normalized spacial score (nSPS) is 10.7. The number of carbonyl (C=O) groups is 1. The molecule has 21 heavy (non-hydrogen) atoms. The van der Waals surface area contributed by atoms with Crippen molar-refractivity contribution in [3.63, 3.8) is 0 Å². The molecule has 0 saturated carbocycles. The van der Waals surface area contributed by atoms with Crippen molar-refractivity contribution in [3.8, 4) is 5.75 Å². The van der Waals surface area contributed by atoms with Crippen LogP contribution in [-0.2, 0) is 11.3 Å². The van der Waals surface area contributed by atoms with Crippen LogP contribution in [-0.4, -0.2) is 37.0 Å². The predicted molar refractivity (Wildman–Crippen MR) is 86.4 cm³/mol. The lowest BCUT2D eigenvalue weighted by Gasteiger charge is -2.19. The number of rotatable bonds is 9. The van der Waals surface area contributed by atoms with E-state index in [0.717, 1.165) is 37.5 Å². The number of hydrogen-bond acceptors (Lipinski definition) is 3. The van der Waals surface area contributed by atoms with Gasteiger partial charge in [-0.2, -0.15) is 0 Å². The highest BCUT2D eigenvalue weighted by molar-refractivity contribution is 5.77. The zero-order valence-corrected chi connectivity index (χ0v) is 13.7. The van der Waals surface area contributed by atoms with Crippen LogP contribution >= 0.6 is 0 Å². The lowest BCUT2D eigenvalue weighted by molar-refractivity contribution is -0.132. The molecule has 1 rings (SSSR count). The second-order valence-electron chi connectivity index (χ2n) is 5.49. The molecule has 0 spiro atoms. The Kier molecular flexibility index (Phi) is 7.83. The van der Waals surface area contributed by atoms with E-state index in [1.165, 1.54) is 0 Å². The maximum Gasteiger partial charge on any atom is 0.260 e. The fraction of sp³-hybridized carbons (Fsp3) is 0.588. The summed E-state index contributed by atoms with van der Waals surface area (Å²) < 4.78 is 5.71. The van der Waals surface area contributed by atoms with Crippen LogP contribution in [0.5, 0.6) is 5.75 Å². The SMILES string of the molecule is CCN(CC)C(=O)COc1ccccc1CNCC(C)C. The van der Waals surface area contributed by atoms with Crippen molar-refractivity contribution in [3.05, 3.63) is 29.8 Å². The number of nitrogens with zero attached hydrogens (tertiary/aromatic N) is 1. The molecule has 1 aromatic rings. The number of nitrogens with one attached hydrogen (secondary N) is 1. The van der Waals surface area contributed by atoms with Crippen molar-refractivity contribution in [2.45, 2.75) is 34.2 Å². The first-order chi connectivity index (χ1) is 10.1. The van der Waals surface area contributed by atoms with Crippen molar-refractivity contribution in [1.29, 1.82) is 0 Å². The van der Waals surface area contributed by atoms with E-state index in [9.17, 15) is 4.79 Å². The first-order valence-corrected chi connectivity index (χ1v) is 7.77. The van der Waals surface area contributed by atoms with Crippen LogP contribution in [0.3, 0.4) is 0 Å². The summed E-state index contributed by atoms with van der Waals surface area (Å²) in [7, 11) is 0. The maximum absolute atomic E-state index is 12.0. The molecule has 0 atom stereocenters. The molecule has 1 aromatic carbocycles. The van der Waals surface area contributed by atoms with Crippen LogP contribution in [0.15, 0.2) is 24.3 Å². The Bertz CT molecular complexity index is 429. The molecule has 0 unspecified atom stereocenters. The topological polar surface area (TPSA) is 41.6 Å².